The number of benzene rings is 3. The molecule has 0 radical (unpaired) electrons. The van der Waals surface area contributed by atoms with Gasteiger partial charge in [-0.2, -0.15) is 4.39 Å². The van der Waals surface area contributed by atoms with Crippen molar-refractivity contribution >= 4 is 27.8 Å². The molecule has 8 heteroatoms. The molecule has 7 nitrogen and oxygen atoms in total. The molecule has 4 aromatic heterocycles. The van der Waals surface area contributed by atoms with Gasteiger partial charge < -0.3 is 14.7 Å². The Hall–Kier alpha value is -5.76. The molecule has 4 heterocycles. The number of halogens is 1. The van der Waals surface area contributed by atoms with Crippen LogP contribution >= 0.6 is 0 Å². The van der Waals surface area contributed by atoms with Crippen LogP contribution in [0.1, 0.15) is 16.7 Å². The van der Waals surface area contributed by atoms with Crippen molar-refractivity contribution in [1.29, 1.82) is 0 Å². The van der Waals surface area contributed by atoms with Crippen molar-refractivity contribution in [1.82, 2.24) is 19.5 Å². The highest BCUT2D eigenvalue weighted by Crippen LogP contribution is 2.46. The summed E-state index contributed by atoms with van der Waals surface area (Å²) in [6, 6.07) is 38.6. The SMILES string of the molecule is O=[N+]([O-])c1nc(F)ccc1-c1ccc2c3cnccc3n(C(c3ccccc3)(c3ccccc3)c3ccccc3)c2n1. The predicted octanol–water partition coefficient (Wildman–Crippen LogP) is 7.53. The quantitative estimate of drug-likeness (QED) is 0.0923. The maximum absolute atomic E-state index is 14.0. The van der Waals surface area contributed by atoms with Crippen molar-refractivity contribution in [3.05, 3.63) is 166 Å². The largest absolute Gasteiger partial charge is 0.376 e. The van der Waals surface area contributed by atoms with Gasteiger partial charge in [0.1, 0.15) is 11.2 Å². The average Bonchev–Trinajstić information content (AvgIpc) is 3.37. The third kappa shape index (κ3) is 3.84. The fourth-order valence-electron chi connectivity index (χ4n) is 5.91. The monoisotopic (exact) mass is 551 g/mol. The third-order valence-electron chi connectivity index (χ3n) is 7.62. The molecule has 0 spiro atoms. The molecular weight excluding hydrogens is 529 g/mol. The topological polar surface area (TPSA) is 86.7 Å². The molecule has 0 aliphatic carbocycles. The van der Waals surface area contributed by atoms with Gasteiger partial charge >= 0.3 is 11.8 Å². The lowest BCUT2D eigenvalue weighted by Gasteiger charge is -2.38. The zero-order valence-corrected chi connectivity index (χ0v) is 22.1. The molecule has 0 bridgehead atoms. The minimum atomic E-state index is -0.928. The first-order valence-corrected chi connectivity index (χ1v) is 13.3. The van der Waals surface area contributed by atoms with Crippen LogP contribution < -0.4 is 0 Å². The molecule has 0 saturated heterocycles. The maximum Gasteiger partial charge on any atom is 0.376 e. The Bertz CT molecular complexity index is 1980. The standard InChI is InChI=1S/C34H22FN5O2/c35-31-19-17-27(33(38-31)40(41)42)29-18-16-26-28-22-36-21-20-30(28)39(32(26)37-29)34(23-10-4-1-5-11-23,24-12-6-2-7-13-24)25-14-8-3-9-15-25/h1-22H. The molecule has 7 aromatic rings. The van der Waals surface area contributed by atoms with Crippen molar-refractivity contribution in [2.75, 3.05) is 0 Å². The zero-order valence-electron chi connectivity index (χ0n) is 22.1. The number of nitrogens with zero attached hydrogens (tertiary/aromatic N) is 5. The number of rotatable bonds is 6. The average molecular weight is 552 g/mol. The Balaban J connectivity index is 1.68. The Kier molecular flexibility index (Phi) is 6.01. The minimum Gasteiger partial charge on any atom is -0.358 e. The molecule has 202 valence electrons. The first-order valence-electron chi connectivity index (χ1n) is 13.3. The number of hydrogen-bond donors (Lipinski definition) is 0. The lowest BCUT2D eigenvalue weighted by molar-refractivity contribution is -0.389. The summed E-state index contributed by atoms with van der Waals surface area (Å²) in [4.78, 5) is 24.2. The van der Waals surface area contributed by atoms with E-state index in [2.05, 4.69) is 50.9 Å². The van der Waals surface area contributed by atoms with E-state index >= 15 is 0 Å². The van der Waals surface area contributed by atoms with E-state index in [0.29, 0.717) is 11.3 Å². The van der Waals surface area contributed by atoms with Gasteiger partial charge in [-0.3, -0.25) is 4.98 Å². The van der Waals surface area contributed by atoms with Crippen LogP contribution in [0.2, 0.25) is 0 Å². The summed E-state index contributed by atoms with van der Waals surface area (Å²) in [5.74, 6) is -1.52. The van der Waals surface area contributed by atoms with Crippen LogP contribution in [-0.4, -0.2) is 24.4 Å². The van der Waals surface area contributed by atoms with Gasteiger partial charge in [-0.1, -0.05) is 91.0 Å². The molecule has 0 atom stereocenters. The second-order valence-corrected chi connectivity index (χ2v) is 9.87. The molecule has 7 rings (SSSR count). The molecule has 0 aliphatic rings. The van der Waals surface area contributed by atoms with Gasteiger partial charge in [-0.05, 0) is 50.9 Å². The maximum atomic E-state index is 14.0. The van der Waals surface area contributed by atoms with Crippen molar-refractivity contribution in [3.63, 3.8) is 0 Å². The number of aromatic nitrogens is 4. The lowest BCUT2D eigenvalue weighted by Crippen LogP contribution is -2.37. The van der Waals surface area contributed by atoms with Crippen LogP contribution in [0.25, 0.3) is 33.2 Å². The second kappa shape index (κ2) is 10.0. The fraction of sp³-hybridized carbons (Fsp3) is 0.0294. The summed E-state index contributed by atoms with van der Waals surface area (Å²) in [6.07, 6.45) is 3.56. The minimum absolute atomic E-state index is 0.128. The van der Waals surface area contributed by atoms with E-state index in [4.69, 9.17) is 4.98 Å². The Labute approximate surface area is 239 Å². The smallest absolute Gasteiger partial charge is 0.358 e. The van der Waals surface area contributed by atoms with Crippen LogP contribution in [0.5, 0.6) is 0 Å². The summed E-state index contributed by atoms with van der Waals surface area (Å²) < 4.78 is 16.1. The van der Waals surface area contributed by atoms with Gasteiger partial charge in [0.05, 0.1) is 16.8 Å². The van der Waals surface area contributed by atoms with Gasteiger partial charge in [-0.25, -0.2) is 4.98 Å². The molecule has 0 unspecified atom stereocenters. The molecular formula is C34H22FN5O2. The van der Waals surface area contributed by atoms with Crippen LogP contribution in [-0.2, 0) is 5.54 Å². The van der Waals surface area contributed by atoms with E-state index in [1.807, 2.05) is 72.9 Å². The van der Waals surface area contributed by atoms with E-state index in [0.717, 1.165) is 39.0 Å². The highest BCUT2D eigenvalue weighted by molar-refractivity contribution is 6.07. The molecule has 3 aromatic carbocycles. The van der Waals surface area contributed by atoms with Gasteiger partial charge in [0.25, 0.3) is 0 Å². The first kappa shape index (κ1) is 25.2. The van der Waals surface area contributed by atoms with Gasteiger partial charge in [0.2, 0.25) is 0 Å². The van der Waals surface area contributed by atoms with Crippen molar-refractivity contribution < 1.29 is 9.31 Å². The van der Waals surface area contributed by atoms with Crippen LogP contribution in [0.4, 0.5) is 10.2 Å². The molecule has 0 fully saturated rings. The molecule has 0 amide bonds. The second-order valence-electron chi connectivity index (χ2n) is 9.87. The highest BCUT2D eigenvalue weighted by atomic mass is 19.1. The van der Waals surface area contributed by atoms with E-state index in [1.165, 1.54) is 6.07 Å². The summed E-state index contributed by atoms with van der Waals surface area (Å²) in [7, 11) is 0. The number of fused-ring (bicyclic) bond motifs is 3. The van der Waals surface area contributed by atoms with Crippen molar-refractivity contribution in [2.45, 2.75) is 5.54 Å². The van der Waals surface area contributed by atoms with E-state index in [1.54, 1.807) is 12.3 Å². The third-order valence-corrected chi connectivity index (χ3v) is 7.62. The predicted molar refractivity (Wildman–Crippen MR) is 159 cm³/mol. The Morgan fingerprint density at radius 1 is 0.690 bits per heavy atom. The summed E-state index contributed by atoms with van der Waals surface area (Å²) in [6.45, 7) is 0. The summed E-state index contributed by atoms with van der Waals surface area (Å²) >= 11 is 0. The number of hydrogen-bond acceptors (Lipinski definition) is 5. The lowest BCUT2D eigenvalue weighted by atomic mass is 9.76. The van der Waals surface area contributed by atoms with E-state index in [-0.39, 0.29) is 5.56 Å². The number of nitro groups is 1. The highest BCUT2D eigenvalue weighted by Gasteiger charge is 2.41. The Morgan fingerprint density at radius 2 is 1.29 bits per heavy atom. The Morgan fingerprint density at radius 3 is 1.86 bits per heavy atom. The van der Waals surface area contributed by atoms with E-state index < -0.39 is 22.2 Å². The fourth-order valence-corrected chi connectivity index (χ4v) is 5.91. The van der Waals surface area contributed by atoms with Crippen LogP contribution in [0.3, 0.4) is 0 Å². The van der Waals surface area contributed by atoms with Crippen LogP contribution in [0, 0.1) is 16.1 Å². The van der Waals surface area contributed by atoms with Gasteiger partial charge in [0, 0.05) is 29.2 Å². The zero-order chi connectivity index (χ0) is 28.7. The molecule has 42 heavy (non-hydrogen) atoms. The van der Waals surface area contributed by atoms with Crippen LogP contribution in [0.15, 0.2) is 134 Å². The molecule has 0 N–H and O–H groups in total. The van der Waals surface area contributed by atoms with Crippen molar-refractivity contribution in [3.8, 4) is 11.3 Å². The van der Waals surface area contributed by atoms with Gasteiger partial charge in [0.15, 0.2) is 0 Å². The molecule has 0 aliphatic heterocycles. The normalized spacial score (nSPS) is 11.6. The van der Waals surface area contributed by atoms with Gasteiger partial charge in [-0.15, -0.1) is 0 Å². The molecule has 0 saturated carbocycles. The van der Waals surface area contributed by atoms with Crippen molar-refractivity contribution in [2.24, 2.45) is 0 Å². The summed E-state index contributed by atoms with van der Waals surface area (Å²) in [5, 5.41) is 13.6. The van der Waals surface area contributed by atoms with E-state index in [9.17, 15) is 14.5 Å². The number of pyridine rings is 3. The summed E-state index contributed by atoms with van der Waals surface area (Å²) in [5.41, 5.74) is 4.01. The first-order chi connectivity index (χ1) is 20.6.